The molecule has 1 aliphatic carbocycles. The molecule has 4 N–H and O–H groups in total. The minimum absolute atomic E-state index is 0.00825. The van der Waals surface area contributed by atoms with Gasteiger partial charge in [-0.1, -0.05) is 11.6 Å². The highest BCUT2D eigenvalue weighted by atomic mass is 16.4. The Kier molecular flexibility index (Phi) is 3.22. The van der Waals surface area contributed by atoms with Crippen molar-refractivity contribution in [3.8, 4) is 0 Å². The third kappa shape index (κ3) is 1.92. The summed E-state index contributed by atoms with van der Waals surface area (Å²) in [6.45, 7) is 0.336. The van der Waals surface area contributed by atoms with Crippen molar-refractivity contribution in [3.05, 3.63) is 18.2 Å². The first-order valence-electron chi connectivity index (χ1n) is 5.82. The lowest BCUT2D eigenvalue weighted by atomic mass is 9.67. The van der Waals surface area contributed by atoms with Crippen LogP contribution in [-0.4, -0.2) is 26.5 Å². The highest BCUT2D eigenvalue weighted by molar-refractivity contribution is 6.07. The lowest BCUT2D eigenvalue weighted by molar-refractivity contribution is -0.131. The minimum Gasteiger partial charge on any atom is -0.409 e. The van der Waals surface area contributed by atoms with E-state index in [1.165, 1.54) is 0 Å². The lowest BCUT2D eigenvalue weighted by Crippen LogP contribution is -2.53. The fourth-order valence-electron chi connectivity index (χ4n) is 2.12. The summed E-state index contributed by atoms with van der Waals surface area (Å²) in [5, 5.41) is 14.5. The SMILES string of the molecule is Cn1ccnc1CNC(=O)C1(/C(N)=N/O)CCC1. The number of nitrogens with two attached hydrogens (primary N) is 1. The molecule has 1 amide bonds. The maximum Gasteiger partial charge on any atom is 0.234 e. The average Bonchev–Trinajstić information content (AvgIpc) is 2.70. The van der Waals surface area contributed by atoms with Gasteiger partial charge < -0.3 is 20.8 Å². The van der Waals surface area contributed by atoms with Crippen LogP contribution in [0.5, 0.6) is 0 Å². The van der Waals surface area contributed by atoms with Gasteiger partial charge in [-0.3, -0.25) is 4.79 Å². The molecule has 7 nitrogen and oxygen atoms in total. The quantitative estimate of drug-likeness (QED) is 0.302. The van der Waals surface area contributed by atoms with Crippen molar-refractivity contribution in [2.24, 2.45) is 23.4 Å². The minimum atomic E-state index is -0.833. The number of aromatic nitrogens is 2. The highest BCUT2D eigenvalue weighted by Gasteiger charge is 2.48. The summed E-state index contributed by atoms with van der Waals surface area (Å²) in [7, 11) is 1.86. The van der Waals surface area contributed by atoms with Crippen molar-refractivity contribution in [2.45, 2.75) is 25.8 Å². The summed E-state index contributed by atoms with van der Waals surface area (Å²) in [6, 6.07) is 0. The Morgan fingerprint density at radius 2 is 2.44 bits per heavy atom. The molecule has 1 aliphatic rings. The maximum atomic E-state index is 12.1. The molecule has 0 aromatic carbocycles. The summed E-state index contributed by atoms with van der Waals surface area (Å²) in [5.74, 6) is 0.551. The van der Waals surface area contributed by atoms with Crippen LogP contribution in [0.15, 0.2) is 17.5 Å². The third-order valence-corrected chi connectivity index (χ3v) is 3.57. The Morgan fingerprint density at radius 1 is 1.72 bits per heavy atom. The van der Waals surface area contributed by atoms with Crippen LogP contribution in [-0.2, 0) is 18.4 Å². The number of hydrogen-bond acceptors (Lipinski definition) is 4. The van der Waals surface area contributed by atoms with E-state index in [2.05, 4.69) is 15.5 Å². The van der Waals surface area contributed by atoms with Crippen LogP contribution >= 0.6 is 0 Å². The van der Waals surface area contributed by atoms with Crippen molar-refractivity contribution >= 4 is 11.7 Å². The van der Waals surface area contributed by atoms with E-state index in [-0.39, 0.29) is 11.7 Å². The van der Waals surface area contributed by atoms with E-state index < -0.39 is 5.41 Å². The Labute approximate surface area is 105 Å². The summed E-state index contributed by atoms with van der Waals surface area (Å²) in [4.78, 5) is 16.3. The van der Waals surface area contributed by atoms with Crippen molar-refractivity contribution in [1.29, 1.82) is 0 Å². The zero-order valence-corrected chi connectivity index (χ0v) is 10.3. The van der Waals surface area contributed by atoms with Gasteiger partial charge in [-0.25, -0.2) is 4.98 Å². The summed E-state index contributed by atoms with van der Waals surface area (Å²) in [5.41, 5.74) is 4.78. The van der Waals surface area contributed by atoms with Crippen molar-refractivity contribution in [2.75, 3.05) is 0 Å². The molecule has 1 aromatic heterocycles. The van der Waals surface area contributed by atoms with E-state index in [1.807, 2.05) is 17.8 Å². The number of aryl methyl sites for hydroxylation is 1. The summed E-state index contributed by atoms with van der Waals surface area (Å²) >= 11 is 0. The van der Waals surface area contributed by atoms with Crippen LogP contribution < -0.4 is 11.1 Å². The van der Waals surface area contributed by atoms with Crippen molar-refractivity contribution in [1.82, 2.24) is 14.9 Å². The van der Waals surface area contributed by atoms with Gasteiger partial charge in [0.2, 0.25) is 5.91 Å². The second-order valence-electron chi connectivity index (χ2n) is 4.56. The zero-order chi connectivity index (χ0) is 13.2. The van der Waals surface area contributed by atoms with E-state index in [0.717, 1.165) is 12.2 Å². The molecule has 98 valence electrons. The van der Waals surface area contributed by atoms with E-state index in [4.69, 9.17) is 10.9 Å². The largest absolute Gasteiger partial charge is 0.409 e. The van der Waals surface area contributed by atoms with Crippen LogP contribution in [0.3, 0.4) is 0 Å². The number of nitrogens with one attached hydrogen (secondary N) is 1. The van der Waals surface area contributed by atoms with E-state index in [9.17, 15) is 4.79 Å². The number of hydrogen-bond donors (Lipinski definition) is 3. The highest BCUT2D eigenvalue weighted by Crippen LogP contribution is 2.41. The van der Waals surface area contributed by atoms with Gasteiger partial charge in [-0.15, -0.1) is 0 Å². The average molecular weight is 251 g/mol. The number of amides is 1. The van der Waals surface area contributed by atoms with Gasteiger partial charge >= 0.3 is 0 Å². The van der Waals surface area contributed by atoms with Crippen molar-refractivity contribution in [3.63, 3.8) is 0 Å². The van der Waals surface area contributed by atoms with Crippen LogP contribution in [0.2, 0.25) is 0 Å². The monoisotopic (exact) mass is 251 g/mol. The molecule has 1 heterocycles. The number of oxime groups is 1. The Balaban J connectivity index is 2.01. The van der Waals surface area contributed by atoms with Gasteiger partial charge in [-0.05, 0) is 12.8 Å². The van der Waals surface area contributed by atoms with Crippen LogP contribution in [0.1, 0.15) is 25.1 Å². The number of nitrogens with zero attached hydrogens (tertiary/aromatic N) is 3. The topological polar surface area (TPSA) is 106 Å². The molecule has 0 spiro atoms. The molecule has 1 fully saturated rings. The van der Waals surface area contributed by atoms with Gasteiger partial charge in [0.1, 0.15) is 11.2 Å². The fourth-order valence-corrected chi connectivity index (χ4v) is 2.12. The predicted molar refractivity (Wildman–Crippen MR) is 64.7 cm³/mol. The number of imidazole rings is 1. The molecule has 0 aliphatic heterocycles. The van der Waals surface area contributed by atoms with E-state index in [0.29, 0.717) is 19.4 Å². The zero-order valence-electron chi connectivity index (χ0n) is 10.3. The van der Waals surface area contributed by atoms with Gasteiger partial charge in [0, 0.05) is 19.4 Å². The Morgan fingerprint density at radius 3 is 2.89 bits per heavy atom. The molecular formula is C11H17N5O2. The van der Waals surface area contributed by atoms with Gasteiger partial charge in [0.15, 0.2) is 5.84 Å². The first-order chi connectivity index (χ1) is 8.60. The normalized spacial score (nSPS) is 18.2. The molecule has 1 saturated carbocycles. The van der Waals surface area contributed by atoms with Crippen LogP contribution in [0.25, 0.3) is 0 Å². The molecule has 0 radical (unpaired) electrons. The first-order valence-corrected chi connectivity index (χ1v) is 5.82. The fraction of sp³-hybridized carbons (Fsp3) is 0.545. The number of rotatable bonds is 4. The summed E-state index contributed by atoms with van der Waals surface area (Å²) in [6.07, 6.45) is 5.63. The third-order valence-electron chi connectivity index (χ3n) is 3.57. The molecule has 0 atom stereocenters. The van der Waals surface area contributed by atoms with E-state index in [1.54, 1.807) is 6.20 Å². The van der Waals surface area contributed by atoms with E-state index >= 15 is 0 Å². The lowest BCUT2D eigenvalue weighted by Gasteiger charge is -2.38. The predicted octanol–water partition coefficient (Wildman–Crippen LogP) is -0.0470. The van der Waals surface area contributed by atoms with Gasteiger partial charge in [0.25, 0.3) is 0 Å². The molecule has 18 heavy (non-hydrogen) atoms. The second kappa shape index (κ2) is 4.67. The number of carbonyl (C=O) groups excluding carboxylic acids is 1. The summed E-state index contributed by atoms with van der Waals surface area (Å²) < 4.78 is 1.83. The molecule has 0 bridgehead atoms. The van der Waals surface area contributed by atoms with Crippen molar-refractivity contribution < 1.29 is 10.0 Å². The Hall–Kier alpha value is -2.05. The van der Waals surface area contributed by atoms with Gasteiger partial charge in [0.05, 0.1) is 6.54 Å². The molecule has 1 aromatic rings. The van der Waals surface area contributed by atoms with Crippen LogP contribution in [0.4, 0.5) is 0 Å². The number of amidine groups is 1. The maximum absolute atomic E-state index is 12.1. The van der Waals surface area contributed by atoms with Gasteiger partial charge in [-0.2, -0.15) is 0 Å². The number of carbonyl (C=O) groups is 1. The van der Waals surface area contributed by atoms with Crippen LogP contribution in [0, 0.1) is 5.41 Å². The molecule has 7 heteroatoms. The molecule has 2 rings (SSSR count). The first kappa shape index (κ1) is 12.4. The molecule has 0 unspecified atom stereocenters. The smallest absolute Gasteiger partial charge is 0.234 e. The second-order valence-corrected chi connectivity index (χ2v) is 4.56. The molecular weight excluding hydrogens is 234 g/mol. The Bertz CT molecular complexity index is 476. The standard InChI is InChI=1S/C11H17N5O2/c1-16-6-5-13-8(16)7-14-10(17)11(3-2-4-11)9(12)15-18/h5-6,18H,2-4,7H2,1H3,(H2,12,15)(H,14,17). The molecule has 0 saturated heterocycles.